The summed E-state index contributed by atoms with van der Waals surface area (Å²) >= 11 is 12.6. The van der Waals surface area contributed by atoms with Gasteiger partial charge in [0.2, 0.25) is 0 Å². The zero-order valence-electron chi connectivity index (χ0n) is 12.7. The minimum absolute atomic E-state index is 0.0660. The number of allylic oxidation sites excluding steroid dienone is 2. The number of carbonyl (C=O) groups is 1. The molecule has 24 heavy (non-hydrogen) atoms. The van der Waals surface area contributed by atoms with Crippen molar-refractivity contribution in [3.05, 3.63) is 75.3 Å². The van der Waals surface area contributed by atoms with Crippen LogP contribution in [0, 0.1) is 5.92 Å². The van der Waals surface area contributed by atoms with Gasteiger partial charge in [-0.25, -0.2) is 4.79 Å². The summed E-state index contributed by atoms with van der Waals surface area (Å²) in [6, 6.07) is 11.0. The molecular weight excluding hydrogens is 345 g/mol. The lowest BCUT2D eigenvalue weighted by Gasteiger charge is -2.38. The van der Waals surface area contributed by atoms with Gasteiger partial charge < -0.3 is 10.4 Å². The van der Waals surface area contributed by atoms with E-state index < -0.39 is 5.97 Å². The first kappa shape index (κ1) is 15.6. The van der Waals surface area contributed by atoms with Crippen molar-refractivity contribution in [3.8, 4) is 0 Å². The molecule has 2 aromatic carbocycles. The molecule has 1 aliphatic heterocycles. The van der Waals surface area contributed by atoms with Crippen molar-refractivity contribution in [1.82, 2.24) is 0 Å². The summed E-state index contributed by atoms with van der Waals surface area (Å²) in [5, 5.41) is 13.7. The van der Waals surface area contributed by atoms with Crippen LogP contribution in [0.1, 0.15) is 39.9 Å². The number of aromatic carboxylic acids is 1. The molecule has 0 fully saturated rings. The fourth-order valence-electron chi connectivity index (χ4n) is 3.77. The maximum Gasteiger partial charge on any atom is 0.335 e. The van der Waals surface area contributed by atoms with Crippen molar-refractivity contribution in [1.29, 1.82) is 0 Å². The van der Waals surface area contributed by atoms with Crippen molar-refractivity contribution in [2.75, 3.05) is 5.32 Å². The van der Waals surface area contributed by atoms with E-state index in [-0.39, 0.29) is 11.6 Å². The van der Waals surface area contributed by atoms with Crippen molar-refractivity contribution < 1.29 is 9.90 Å². The molecule has 3 atom stereocenters. The van der Waals surface area contributed by atoms with Crippen LogP contribution in [-0.2, 0) is 0 Å². The molecule has 3 unspecified atom stereocenters. The molecule has 0 radical (unpaired) electrons. The average molecular weight is 360 g/mol. The molecule has 3 nitrogen and oxygen atoms in total. The van der Waals surface area contributed by atoms with Gasteiger partial charge in [0.05, 0.1) is 27.3 Å². The van der Waals surface area contributed by atoms with Crippen LogP contribution in [-0.4, -0.2) is 11.1 Å². The van der Waals surface area contributed by atoms with Gasteiger partial charge in [-0.1, -0.05) is 53.6 Å². The van der Waals surface area contributed by atoms with Gasteiger partial charge in [-0.3, -0.25) is 0 Å². The zero-order chi connectivity index (χ0) is 16.8. The van der Waals surface area contributed by atoms with E-state index in [0.717, 1.165) is 17.7 Å². The number of fused-ring (bicyclic) bond motifs is 3. The maximum absolute atomic E-state index is 11.1. The third-order valence-electron chi connectivity index (χ3n) is 4.94. The lowest BCUT2D eigenvalue weighted by Crippen LogP contribution is -2.29. The van der Waals surface area contributed by atoms with Gasteiger partial charge >= 0.3 is 5.97 Å². The number of anilines is 1. The van der Waals surface area contributed by atoms with Crippen LogP contribution in [0.2, 0.25) is 10.0 Å². The van der Waals surface area contributed by atoms with E-state index in [9.17, 15) is 4.79 Å². The second-order valence-electron chi connectivity index (χ2n) is 6.23. The van der Waals surface area contributed by atoms with Crippen LogP contribution in [0.4, 0.5) is 5.69 Å². The number of carboxylic acids is 1. The smallest absolute Gasteiger partial charge is 0.335 e. The Kier molecular flexibility index (Phi) is 3.78. The molecule has 5 heteroatoms. The summed E-state index contributed by atoms with van der Waals surface area (Å²) < 4.78 is 0. The Bertz CT molecular complexity index is 845. The Morgan fingerprint density at radius 1 is 1.12 bits per heavy atom. The summed E-state index contributed by atoms with van der Waals surface area (Å²) in [5.74, 6) is -0.246. The van der Waals surface area contributed by atoms with Crippen molar-refractivity contribution in [2.24, 2.45) is 5.92 Å². The van der Waals surface area contributed by atoms with Crippen LogP contribution >= 0.6 is 23.2 Å². The predicted octanol–water partition coefficient (Wildman–Crippen LogP) is 5.52. The van der Waals surface area contributed by atoms with Crippen molar-refractivity contribution in [3.63, 3.8) is 0 Å². The Morgan fingerprint density at radius 2 is 1.88 bits per heavy atom. The van der Waals surface area contributed by atoms with Crippen LogP contribution in [0.25, 0.3) is 0 Å². The molecule has 0 spiro atoms. The highest BCUT2D eigenvalue weighted by molar-refractivity contribution is 6.43. The van der Waals surface area contributed by atoms with Crippen molar-refractivity contribution in [2.45, 2.75) is 18.4 Å². The lowest BCUT2D eigenvalue weighted by molar-refractivity contribution is 0.0697. The molecule has 1 heterocycles. The summed E-state index contributed by atoms with van der Waals surface area (Å²) in [7, 11) is 0. The Morgan fingerprint density at radius 3 is 2.58 bits per heavy atom. The second-order valence-corrected chi connectivity index (χ2v) is 7.01. The molecule has 0 saturated heterocycles. The van der Waals surface area contributed by atoms with Gasteiger partial charge in [-0.2, -0.15) is 0 Å². The standard InChI is InChI=1S/C19H15Cl2NO2/c20-15-9-8-14-12-2-1-3-13(12)17(22-18(14)16(15)21)10-4-6-11(7-5-10)19(23)24/h1-2,4-9,12-13,17,22H,3H2,(H,23,24). The van der Waals surface area contributed by atoms with Gasteiger partial charge in [0.1, 0.15) is 0 Å². The SMILES string of the molecule is O=C(O)c1ccc(C2Nc3c(ccc(Cl)c3Cl)C3C=CCC32)cc1. The third kappa shape index (κ3) is 2.40. The van der Waals surface area contributed by atoms with Gasteiger partial charge in [-0.15, -0.1) is 0 Å². The van der Waals surface area contributed by atoms with Gasteiger partial charge in [0.15, 0.2) is 0 Å². The third-order valence-corrected chi connectivity index (χ3v) is 5.75. The van der Waals surface area contributed by atoms with E-state index in [4.69, 9.17) is 28.3 Å². The summed E-state index contributed by atoms with van der Waals surface area (Å²) in [5.41, 5.74) is 3.39. The highest BCUT2D eigenvalue weighted by Gasteiger charge is 2.38. The highest BCUT2D eigenvalue weighted by Crippen LogP contribution is 2.52. The summed E-state index contributed by atoms with van der Waals surface area (Å²) in [6.07, 6.45) is 5.41. The number of nitrogens with one attached hydrogen (secondary N) is 1. The number of hydrogen-bond acceptors (Lipinski definition) is 2. The van der Waals surface area contributed by atoms with Gasteiger partial charge in [-0.05, 0) is 41.7 Å². The fourth-order valence-corrected chi connectivity index (χ4v) is 4.15. The quantitative estimate of drug-likeness (QED) is 0.694. The zero-order valence-corrected chi connectivity index (χ0v) is 14.2. The lowest BCUT2D eigenvalue weighted by atomic mass is 9.77. The molecular formula is C19H15Cl2NO2. The molecule has 2 aromatic rings. The second kappa shape index (κ2) is 5.83. The molecule has 122 valence electrons. The number of rotatable bonds is 2. The van der Waals surface area contributed by atoms with E-state index >= 15 is 0 Å². The first-order valence-corrected chi connectivity index (χ1v) is 8.56. The molecule has 0 saturated carbocycles. The largest absolute Gasteiger partial charge is 0.478 e. The Labute approximate surface area is 149 Å². The average Bonchev–Trinajstić information content (AvgIpc) is 3.07. The van der Waals surface area contributed by atoms with Crippen LogP contribution in [0.15, 0.2) is 48.6 Å². The van der Waals surface area contributed by atoms with E-state index in [1.807, 2.05) is 24.3 Å². The van der Waals surface area contributed by atoms with E-state index in [2.05, 4.69) is 17.5 Å². The molecule has 1 aliphatic carbocycles. The molecule has 0 bridgehead atoms. The first-order chi connectivity index (χ1) is 11.6. The maximum atomic E-state index is 11.1. The minimum atomic E-state index is -0.918. The number of halogens is 2. The van der Waals surface area contributed by atoms with Crippen LogP contribution in [0.3, 0.4) is 0 Å². The van der Waals surface area contributed by atoms with Crippen molar-refractivity contribution >= 4 is 34.9 Å². The van der Waals surface area contributed by atoms with Gasteiger partial charge in [0.25, 0.3) is 0 Å². The number of hydrogen-bond donors (Lipinski definition) is 2. The molecule has 0 amide bonds. The van der Waals surface area contributed by atoms with E-state index in [1.165, 1.54) is 5.56 Å². The first-order valence-electron chi connectivity index (χ1n) is 7.80. The van der Waals surface area contributed by atoms with E-state index in [1.54, 1.807) is 12.1 Å². The topological polar surface area (TPSA) is 49.3 Å². The molecule has 0 aromatic heterocycles. The normalized spacial score (nSPS) is 24.2. The monoisotopic (exact) mass is 359 g/mol. The molecule has 4 rings (SSSR count). The number of benzene rings is 2. The molecule has 2 aliphatic rings. The van der Waals surface area contributed by atoms with Crippen LogP contribution in [0.5, 0.6) is 0 Å². The van der Waals surface area contributed by atoms with Crippen LogP contribution < -0.4 is 5.32 Å². The van der Waals surface area contributed by atoms with E-state index in [0.29, 0.717) is 21.9 Å². The van der Waals surface area contributed by atoms with Gasteiger partial charge in [0, 0.05) is 5.92 Å². The summed E-state index contributed by atoms with van der Waals surface area (Å²) in [6.45, 7) is 0. The minimum Gasteiger partial charge on any atom is -0.478 e. The predicted molar refractivity (Wildman–Crippen MR) is 96.2 cm³/mol. The molecule has 2 N–H and O–H groups in total. The number of carboxylic acid groups (broad SMARTS) is 1. The highest BCUT2D eigenvalue weighted by atomic mass is 35.5. The Balaban J connectivity index is 1.77. The summed E-state index contributed by atoms with van der Waals surface area (Å²) in [4.78, 5) is 11.1. The fraction of sp³-hybridized carbons (Fsp3) is 0.211. The Hall–Kier alpha value is -1.97.